The Hall–Kier alpha value is -1.07. The number of hydrogen-bond acceptors (Lipinski definition) is 4. The second-order valence-electron chi connectivity index (χ2n) is 6.08. The molecule has 1 aromatic heterocycles. The number of hydrogen-bond donors (Lipinski definition) is 2. The zero-order chi connectivity index (χ0) is 14.8. The minimum Gasteiger partial charge on any atom is -0.394 e. The smallest absolute Gasteiger partial charge is 0.131 e. The van der Waals surface area contributed by atoms with Crippen molar-refractivity contribution in [1.29, 1.82) is 0 Å². The van der Waals surface area contributed by atoms with Gasteiger partial charge in [-0.05, 0) is 20.8 Å². The van der Waals surface area contributed by atoms with Crippen LogP contribution >= 0.6 is 0 Å². The van der Waals surface area contributed by atoms with Gasteiger partial charge in [0.2, 0.25) is 0 Å². The van der Waals surface area contributed by atoms with E-state index in [-0.39, 0.29) is 12.1 Å². The van der Waals surface area contributed by atoms with Gasteiger partial charge in [-0.3, -0.25) is 4.68 Å². The minimum atomic E-state index is -0.313. The topological polar surface area (TPSA) is 53.3 Å². The Morgan fingerprint density at radius 2 is 2.00 bits per heavy atom. The van der Waals surface area contributed by atoms with Crippen LogP contribution in [0.2, 0.25) is 0 Å². The number of aliphatic hydroxyl groups excluding tert-OH is 1. The van der Waals surface area contributed by atoms with Crippen molar-refractivity contribution in [2.45, 2.75) is 52.7 Å². The van der Waals surface area contributed by atoms with Gasteiger partial charge in [0, 0.05) is 32.2 Å². The number of rotatable bonds is 6. The van der Waals surface area contributed by atoms with Crippen molar-refractivity contribution >= 4 is 5.82 Å². The monoisotopic (exact) mass is 268 g/mol. The summed E-state index contributed by atoms with van der Waals surface area (Å²) in [7, 11) is 3.96. The minimum absolute atomic E-state index is 0.102. The number of anilines is 1. The molecule has 110 valence electrons. The number of nitrogens with zero attached hydrogens (tertiary/aromatic N) is 3. The van der Waals surface area contributed by atoms with Crippen LogP contribution in [0.3, 0.4) is 0 Å². The lowest BCUT2D eigenvalue weighted by Gasteiger charge is -2.36. The second kappa shape index (κ2) is 5.92. The molecule has 1 rings (SSSR count). The predicted octanol–water partition coefficient (Wildman–Crippen LogP) is 1.43. The third kappa shape index (κ3) is 3.48. The maximum Gasteiger partial charge on any atom is 0.131 e. The summed E-state index contributed by atoms with van der Waals surface area (Å²) in [5.74, 6) is 1.06. The highest BCUT2D eigenvalue weighted by atomic mass is 16.3. The molecule has 0 unspecified atom stereocenters. The molecule has 0 saturated carbocycles. The van der Waals surface area contributed by atoms with E-state index in [4.69, 9.17) is 0 Å². The van der Waals surface area contributed by atoms with Crippen molar-refractivity contribution in [2.75, 3.05) is 18.6 Å². The molecule has 5 heteroatoms. The molecule has 0 aliphatic heterocycles. The number of aryl methyl sites for hydroxylation is 2. The molecular weight excluding hydrogens is 240 g/mol. The van der Waals surface area contributed by atoms with Crippen molar-refractivity contribution in [1.82, 2.24) is 15.1 Å². The van der Waals surface area contributed by atoms with E-state index in [1.54, 1.807) is 0 Å². The van der Waals surface area contributed by atoms with Gasteiger partial charge in [-0.25, -0.2) is 0 Å². The summed E-state index contributed by atoms with van der Waals surface area (Å²) < 4.78 is 1.89. The molecule has 0 fully saturated rings. The first-order valence-corrected chi connectivity index (χ1v) is 6.81. The van der Waals surface area contributed by atoms with Crippen LogP contribution < -0.4 is 10.2 Å². The maximum atomic E-state index is 9.55. The van der Waals surface area contributed by atoms with E-state index in [2.05, 4.69) is 29.2 Å². The van der Waals surface area contributed by atoms with Crippen molar-refractivity contribution in [2.24, 2.45) is 7.05 Å². The van der Waals surface area contributed by atoms with Crippen molar-refractivity contribution in [3.8, 4) is 0 Å². The van der Waals surface area contributed by atoms with E-state index in [1.165, 1.54) is 5.56 Å². The molecule has 0 radical (unpaired) electrons. The highest BCUT2D eigenvalue weighted by Crippen LogP contribution is 2.27. The van der Waals surface area contributed by atoms with E-state index in [9.17, 15) is 5.11 Å². The molecule has 2 N–H and O–H groups in total. The molecule has 0 aliphatic carbocycles. The Balaban J connectivity index is 3.12. The van der Waals surface area contributed by atoms with Gasteiger partial charge in [0.25, 0.3) is 0 Å². The number of likely N-dealkylation sites (N-methyl/N-ethyl adjacent to an activating group) is 1. The van der Waals surface area contributed by atoms with Gasteiger partial charge < -0.3 is 15.3 Å². The molecule has 0 saturated heterocycles. The summed E-state index contributed by atoms with van der Waals surface area (Å²) in [6.07, 6.45) is 0. The van der Waals surface area contributed by atoms with Crippen LogP contribution in [0.15, 0.2) is 0 Å². The van der Waals surface area contributed by atoms with E-state index in [1.807, 2.05) is 39.5 Å². The SMILES string of the molecule is Cc1nn(C)c(N(C)C(C)(C)CO)c1CNC(C)C. The van der Waals surface area contributed by atoms with Crippen LogP contribution in [0.25, 0.3) is 0 Å². The first-order chi connectivity index (χ1) is 8.70. The molecule has 1 heterocycles. The quantitative estimate of drug-likeness (QED) is 0.819. The summed E-state index contributed by atoms with van der Waals surface area (Å²) in [5.41, 5.74) is 1.92. The zero-order valence-corrected chi connectivity index (χ0v) is 13.3. The Kier molecular flexibility index (Phi) is 4.98. The standard InChI is InChI=1S/C14H28N4O/c1-10(2)15-8-12-11(3)16-18(7)13(12)17(6)14(4,5)9-19/h10,15,19H,8-9H2,1-7H3. The van der Waals surface area contributed by atoms with Gasteiger partial charge >= 0.3 is 0 Å². The van der Waals surface area contributed by atoms with Gasteiger partial charge in [0.15, 0.2) is 0 Å². The Labute approximate surface area is 116 Å². The zero-order valence-electron chi connectivity index (χ0n) is 13.3. The molecule has 19 heavy (non-hydrogen) atoms. The number of nitrogens with one attached hydrogen (secondary N) is 1. The fourth-order valence-electron chi connectivity index (χ4n) is 2.02. The Bertz CT molecular complexity index is 423. The van der Waals surface area contributed by atoms with Gasteiger partial charge in [-0.1, -0.05) is 13.8 Å². The molecule has 0 atom stereocenters. The highest BCUT2D eigenvalue weighted by molar-refractivity contribution is 5.51. The second-order valence-corrected chi connectivity index (χ2v) is 6.08. The largest absolute Gasteiger partial charge is 0.394 e. The molecule has 0 spiro atoms. The van der Waals surface area contributed by atoms with Crippen LogP contribution in [0.4, 0.5) is 5.82 Å². The molecule has 0 bridgehead atoms. The van der Waals surface area contributed by atoms with Gasteiger partial charge in [0.05, 0.1) is 17.8 Å². The molecule has 1 aromatic rings. The first kappa shape index (κ1) is 16.0. The van der Waals surface area contributed by atoms with Crippen molar-refractivity contribution in [3.05, 3.63) is 11.3 Å². The van der Waals surface area contributed by atoms with E-state index < -0.39 is 0 Å². The lowest BCUT2D eigenvalue weighted by molar-refractivity contribution is 0.215. The average molecular weight is 268 g/mol. The fourth-order valence-corrected chi connectivity index (χ4v) is 2.02. The normalized spacial score (nSPS) is 12.3. The average Bonchev–Trinajstić information content (AvgIpc) is 2.60. The number of aliphatic hydroxyl groups is 1. The van der Waals surface area contributed by atoms with E-state index in [0.29, 0.717) is 6.04 Å². The summed E-state index contributed by atoms with van der Waals surface area (Å²) in [6.45, 7) is 11.2. The summed E-state index contributed by atoms with van der Waals surface area (Å²) >= 11 is 0. The highest BCUT2D eigenvalue weighted by Gasteiger charge is 2.28. The summed E-state index contributed by atoms with van der Waals surface area (Å²) in [6, 6.07) is 0.434. The fraction of sp³-hybridized carbons (Fsp3) is 0.786. The van der Waals surface area contributed by atoms with Gasteiger partial charge in [-0.15, -0.1) is 0 Å². The summed E-state index contributed by atoms with van der Waals surface area (Å²) in [4.78, 5) is 2.10. The van der Waals surface area contributed by atoms with Crippen LogP contribution in [0.5, 0.6) is 0 Å². The summed E-state index contributed by atoms with van der Waals surface area (Å²) in [5, 5.41) is 17.5. The van der Waals surface area contributed by atoms with Gasteiger partial charge in [0.1, 0.15) is 5.82 Å². The van der Waals surface area contributed by atoms with Crippen LogP contribution in [-0.2, 0) is 13.6 Å². The molecule has 0 aliphatic rings. The van der Waals surface area contributed by atoms with Crippen molar-refractivity contribution in [3.63, 3.8) is 0 Å². The Morgan fingerprint density at radius 1 is 1.42 bits per heavy atom. The lowest BCUT2D eigenvalue weighted by atomic mass is 10.0. The predicted molar refractivity (Wildman–Crippen MR) is 79.5 cm³/mol. The first-order valence-electron chi connectivity index (χ1n) is 6.81. The number of aromatic nitrogens is 2. The van der Waals surface area contributed by atoms with Crippen molar-refractivity contribution < 1.29 is 5.11 Å². The van der Waals surface area contributed by atoms with Crippen LogP contribution in [0.1, 0.15) is 39.0 Å². The molecular formula is C14H28N4O. The molecule has 5 nitrogen and oxygen atoms in total. The van der Waals surface area contributed by atoms with Crippen LogP contribution in [0, 0.1) is 6.92 Å². The van der Waals surface area contributed by atoms with E-state index >= 15 is 0 Å². The molecule has 0 aromatic carbocycles. The lowest BCUT2D eigenvalue weighted by Crippen LogP contribution is -2.45. The third-order valence-electron chi connectivity index (χ3n) is 3.61. The maximum absolute atomic E-state index is 9.55. The van der Waals surface area contributed by atoms with Crippen LogP contribution in [-0.4, -0.2) is 40.1 Å². The Morgan fingerprint density at radius 3 is 2.47 bits per heavy atom. The molecule has 0 amide bonds. The van der Waals surface area contributed by atoms with Gasteiger partial charge in [-0.2, -0.15) is 5.10 Å². The third-order valence-corrected chi connectivity index (χ3v) is 3.61. The van der Waals surface area contributed by atoms with E-state index in [0.717, 1.165) is 18.1 Å².